The number of para-hydroxylation sites is 1. The third-order valence-corrected chi connectivity index (χ3v) is 12.1. The van der Waals surface area contributed by atoms with E-state index in [1.54, 1.807) is 0 Å². The molecule has 2 aliphatic rings. The third-order valence-electron chi connectivity index (χ3n) is 12.1. The predicted octanol–water partition coefficient (Wildman–Crippen LogP) is 9.92. The summed E-state index contributed by atoms with van der Waals surface area (Å²) in [6.07, 6.45) is 5.98. The van der Waals surface area contributed by atoms with Crippen molar-refractivity contribution in [3.05, 3.63) is 125 Å². The fraction of sp³-hybridized carbons (Fsp3) is 0.333. The molecule has 0 saturated heterocycles. The van der Waals surface area contributed by atoms with E-state index in [0.29, 0.717) is 23.3 Å². The molecule has 0 saturated carbocycles. The van der Waals surface area contributed by atoms with Gasteiger partial charge in [0.05, 0.1) is 12.0 Å². The second kappa shape index (κ2) is 13.2. The first kappa shape index (κ1) is 37.0. The van der Waals surface area contributed by atoms with E-state index in [-0.39, 0.29) is 38.9 Å². The molecule has 1 aliphatic carbocycles. The van der Waals surface area contributed by atoms with Gasteiger partial charge in [-0.1, -0.05) is 121 Å². The van der Waals surface area contributed by atoms with Crippen molar-refractivity contribution in [1.82, 2.24) is 19.0 Å². The van der Waals surface area contributed by atoms with Gasteiger partial charge in [-0.15, -0.1) is 29.3 Å². The summed E-state index contributed by atoms with van der Waals surface area (Å²) in [5.74, 6) is 2.92. The zero-order valence-corrected chi connectivity index (χ0v) is 35.0. The van der Waals surface area contributed by atoms with Crippen LogP contribution in [-0.2, 0) is 31.9 Å². The van der Waals surface area contributed by atoms with Gasteiger partial charge < -0.3 is 18.6 Å². The summed E-state index contributed by atoms with van der Waals surface area (Å²) in [5.41, 5.74) is 13.7. The molecule has 0 atom stereocenters. The number of fused-ring (bicyclic) bond motifs is 6. The van der Waals surface area contributed by atoms with Gasteiger partial charge in [0, 0.05) is 41.1 Å². The first-order valence-corrected chi connectivity index (χ1v) is 18.6. The molecule has 6 nitrogen and oxygen atoms in total. The van der Waals surface area contributed by atoms with E-state index in [1.165, 1.54) is 44.7 Å². The van der Waals surface area contributed by atoms with Crippen LogP contribution in [0.5, 0.6) is 11.5 Å². The van der Waals surface area contributed by atoms with Gasteiger partial charge in [-0.05, 0) is 71.3 Å². The second-order valence-electron chi connectivity index (χ2n) is 16.4. The van der Waals surface area contributed by atoms with E-state index in [1.807, 2.05) is 24.7 Å². The average Bonchev–Trinajstić information content (AvgIpc) is 3.76. The van der Waals surface area contributed by atoms with Gasteiger partial charge >= 0.3 is 28.0 Å². The molecule has 0 radical (unpaired) electrons. The zero-order chi connectivity index (χ0) is 36.9. The van der Waals surface area contributed by atoms with Gasteiger partial charge in [0.25, 0.3) is 0 Å². The maximum atomic E-state index is 6.61. The topological polar surface area (TPSA) is 48.1 Å². The Kier molecular flexibility index (Phi) is 9.21. The Morgan fingerprint density at radius 3 is 2.00 bits per heavy atom. The van der Waals surface area contributed by atoms with Gasteiger partial charge in [0.15, 0.2) is 0 Å². The van der Waals surface area contributed by atoms with Crippen LogP contribution < -0.4 is 15.0 Å². The summed E-state index contributed by atoms with van der Waals surface area (Å²) >= 11 is 0. The monoisotopic (exact) mass is 880 g/mol. The summed E-state index contributed by atoms with van der Waals surface area (Å²) in [6.45, 7) is 22.8. The molecule has 8 heteroatoms. The maximum absolute atomic E-state index is 6.61. The van der Waals surface area contributed by atoms with Crippen molar-refractivity contribution in [3.63, 3.8) is 0 Å². The van der Waals surface area contributed by atoms with Crippen molar-refractivity contribution in [1.29, 1.82) is 0 Å². The van der Waals surface area contributed by atoms with Crippen LogP contribution in [0.1, 0.15) is 101 Å². The number of anilines is 1. The summed E-state index contributed by atoms with van der Waals surface area (Å²) < 4.78 is 11.2. The molecule has 53 heavy (non-hydrogen) atoms. The van der Waals surface area contributed by atoms with E-state index in [4.69, 9.17) is 14.7 Å². The molecular formula is C45H48BN5OPt. The fourth-order valence-corrected chi connectivity index (χ4v) is 8.73. The van der Waals surface area contributed by atoms with Crippen molar-refractivity contribution in [2.45, 2.75) is 91.9 Å². The van der Waals surface area contributed by atoms with Crippen molar-refractivity contribution >= 4 is 18.1 Å². The first-order chi connectivity index (χ1) is 24.7. The van der Waals surface area contributed by atoms with Crippen molar-refractivity contribution in [3.8, 4) is 39.8 Å². The molecule has 6 aromatic rings. The van der Waals surface area contributed by atoms with Gasteiger partial charge in [0.1, 0.15) is 0 Å². The van der Waals surface area contributed by atoms with Gasteiger partial charge in [0.2, 0.25) is 0 Å². The van der Waals surface area contributed by atoms with Gasteiger partial charge in [-0.3, -0.25) is 9.97 Å². The summed E-state index contributed by atoms with van der Waals surface area (Å²) in [5, 5.41) is 0. The third kappa shape index (κ3) is 5.56. The molecule has 0 amide bonds. The Balaban J connectivity index is 0.00000435. The summed E-state index contributed by atoms with van der Waals surface area (Å²) in [6, 6.07) is 28.9. The fourth-order valence-electron chi connectivity index (χ4n) is 8.73. The molecule has 0 spiro atoms. The Hall–Kier alpha value is -4.35. The van der Waals surface area contributed by atoms with E-state index in [0.717, 1.165) is 28.3 Å². The molecule has 0 bridgehead atoms. The Morgan fingerprint density at radius 2 is 1.36 bits per heavy atom. The van der Waals surface area contributed by atoms with Crippen LogP contribution in [-0.4, -0.2) is 33.0 Å². The van der Waals surface area contributed by atoms with Crippen LogP contribution in [0.15, 0.2) is 79.4 Å². The van der Waals surface area contributed by atoms with E-state index in [2.05, 4.69) is 157 Å². The molecule has 4 aromatic carbocycles. The number of nitrogens with zero attached hydrogens (tertiary/aromatic N) is 5. The molecular weight excluding hydrogens is 832 g/mol. The van der Waals surface area contributed by atoms with Crippen LogP contribution in [0.2, 0.25) is 0 Å². The van der Waals surface area contributed by atoms with Crippen LogP contribution in [0, 0.1) is 26.0 Å². The summed E-state index contributed by atoms with van der Waals surface area (Å²) in [7, 11) is 2.18. The van der Waals surface area contributed by atoms with E-state index in [9.17, 15) is 0 Å². The number of aromatic nitrogens is 4. The number of ether oxygens (including phenoxy) is 1. The second-order valence-corrected chi connectivity index (χ2v) is 16.4. The molecule has 0 N–H and O–H groups in total. The standard InChI is InChI=1S/C45H48BN5O.Pt/c1-27(2)33-16-13-17-34(28(3)4)39(33)46-49(11)38-21-19-32(25-36(38)43-47-22-23-51(43)46)52-31-18-20-37-35(24-31)40-42(45(9,10)44(37,7)8)50(26-48-40)41-29(5)14-12-15-30(41)6;/h12-23,26-28H,1-11H3;/q-2;+2. The van der Waals surface area contributed by atoms with Crippen LogP contribution in [0.3, 0.4) is 0 Å². The SMILES string of the molecule is Cc1cccc(C)c1-n1cnc2c1C(C)(C)C(C)(C)c1ccc(Oc3[c-]c4c(cc3)N(C)B(c3c(C(C)C)cccc3C(C)C)n3ccnc3-4)[c-]c1-2.[Pt+2]. The number of rotatable bonds is 6. The zero-order valence-electron chi connectivity index (χ0n) is 32.7. The predicted molar refractivity (Wildman–Crippen MR) is 214 cm³/mol. The largest absolute Gasteiger partial charge is 2.00 e. The molecule has 1 aliphatic heterocycles. The minimum absolute atomic E-state index is 0. The minimum Gasteiger partial charge on any atom is -0.497 e. The first-order valence-electron chi connectivity index (χ1n) is 18.6. The van der Waals surface area contributed by atoms with E-state index >= 15 is 0 Å². The van der Waals surface area contributed by atoms with Crippen LogP contribution in [0.25, 0.3) is 28.3 Å². The molecule has 3 heterocycles. The number of benzene rings is 4. The van der Waals surface area contributed by atoms with Crippen LogP contribution in [0.4, 0.5) is 5.69 Å². The smallest absolute Gasteiger partial charge is 0.497 e. The average molecular weight is 881 g/mol. The van der Waals surface area contributed by atoms with Crippen LogP contribution >= 0.6 is 0 Å². The molecule has 0 fully saturated rings. The van der Waals surface area contributed by atoms with Crippen molar-refractivity contribution < 1.29 is 25.8 Å². The quantitative estimate of drug-likeness (QED) is 0.124. The van der Waals surface area contributed by atoms with Crippen molar-refractivity contribution in [2.24, 2.45) is 0 Å². The normalized spacial score (nSPS) is 15.1. The maximum Gasteiger partial charge on any atom is 2.00 e. The van der Waals surface area contributed by atoms with Crippen molar-refractivity contribution in [2.75, 3.05) is 11.9 Å². The molecule has 8 rings (SSSR count). The van der Waals surface area contributed by atoms with E-state index < -0.39 is 0 Å². The molecule has 272 valence electrons. The Bertz CT molecular complexity index is 2320. The number of imidazole rings is 2. The minimum atomic E-state index is -0.208. The number of aryl methyl sites for hydroxylation is 2. The molecule has 2 aromatic heterocycles. The Labute approximate surface area is 330 Å². The number of hydrogen-bond acceptors (Lipinski definition) is 4. The Morgan fingerprint density at radius 1 is 0.755 bits per heavy atom. The molecule has 0 unspecified atom stereocenters. The number of hydrogen-bond donors (Lipinski definition) is 0. The van der Waals surface area contributed by atoms with Gasteiger partial charge in [-0.2, -0.15) is 0 Å². The summed E-state index contributed by atoms with van der Waals surface area (Å²) in [4.78, 5) is 12.3. The van der Waals surface area contributed by atoms with Gasteiger partial charge in [-0.25, -0.2) is 0 Å².